The molecule has 4 heteroatoms. The van der Waals surface area contributed by atoms with Gasteiger partial charge in [0.05, 0.1) is 34.2 Å². The van der Waals surface area contributed by atoms with Crippen LogP contribution in [0.1, 0.15) is 211 Å². The summed E-state index contributed by atoms with van der Waals surface area (Å²) in [6.07, 6.45) is 26.2. The summed E-state index contributed by atoms with van der Waals surface area (Å²) in [6, 6.07) is 13.8. The van der Waals surface area contributed by atoms with Crippen molar-refractivity contribution in [3.05, 3.63) is 86.2 Å². The van der Waals surface area contributed by atoms with Crippen LogP contribution in [0.2, 0.25) is 5.02 Å². The summed E-state index contributed by atoms with van der Waals surface area (Å²) in [7, 11) is 0. The fraction of sp³-hybridized carbons (Fsp3) is 0.596. The van der Waals surface area contributed by atoms with Gasteiger partial charge in [-0.2, -0.15) is 0 Å². The molecule has 0 spiro atoms. The average Bonchev–Trinajstić information content (AvgIpc) is 3.17. The standard InChI is InChI=1S/C47H62ClN3/c1-31-25-40(35-17-9-5-10-18-35)46(41(26-31)36-19-11-6-12-20-36)49-33(3)44-29-39(48)30-45(51-44)34(4)50-47-42(37-21-13-7-14-22-37)27-32(2)28-43(47)38-23-15-8-16-24-38/h25-30,35-38H,5-24H2,1-4H3. The summed E-state index contributed by atoms with van der Waals surface area (Å²) in [5, 5.41) is 0.701. The Hall–Kier alpha value is -2.78. The molecule has 4 fully saturated rings. The summed E-state index contributed by atoms with van der Waals surface area (Å²) in [4.78, 5) is 16.4. The number of benzene rings is 2. The number of aryl methyl sites for hydroxylation is 2. The molecule has 4 saturated carbocycles. The van der Waals surface area contributed by atoms with Crippen molar-refractivity contribution in [2.75, 3.05) is 0 Å². The largest absolute Gasteiger partial charge is 0.251 e. The molecule has 4 aliphatic rings. The van der Waals surface area contributed by atoms with Crippen LogP contribution in [-0.2, 0) is 0 Å². The minimum absolute atomic E-state index is 0.594. The van der Waals surface area contributed by atoms with Crippen LogP contribution < -0.4 is 0 Å². The van der Waals surface area contributed by atoms with Gasteiger partial charge in [0.15, 0.2) is 0 Å². The van der Waals surface area contributed by atoms with Crippen LogP contribution in [-0.4, -0.2) is 16.4 Å². The van der Waals surface area contributed by atoms with E-state index in [4.69, 9.17) is 26.6 Å². The van der Waals surface area contributed by atoms with Gasteiger partial charge >= 0.3 is 0 Å². The first kappa shape index (κ1) is 36.6. The number of hydrogen-bond acceptors (Lipinski definition) is 3. The van der Waals surface area contributed by atoms with Crippen molar-refractivity contribution in [3.8, 4) is 0 Å². The lowest BCUT2D eigenvalue weighted by atomic mass is 9.78. The van der Waals surface area contributed by atoms with Gasteiger partial charge in [0, 0.05) is 5.02 Å². The van der Waals surface area contributed by atoms with Gasteiger partial charge in [-0.3, -0.25) is 9.98 Å². The van der Waals surface area contributed by atoms with Gasteiger partial charge in [-0.1, -0.05) is 124 Å². The number of aliphatic imine (C=N–C) groups is 2. The van der Waals surface area contributed by atoms with Gasteiger partial charge in [-0.05, 0) is 137 Å². The summed E-state index contributed by atoms with van der Waals surface area (Å²) in [5.41, 5.74) is 14.8. The second kappa shape index (κ2) is 16.9. The maximum atomic E-state index is 6.95. The molecule has 0 radical (unpaired) electrons. The van der Waals surface area contributed by atoms with E-state index in [1.807, 2.05) is 12.1 Å². The summed E-state index contributed by atoms with van der Waals surface area (Å²) >= 11 is 6.95. The fourth-order valence-corrected chi connectivity index (χ4v) is 10.4. The van der Waals surface area contributed by atoms with Crippen LogP contribution in [0.15, 0.2) is 46.4 Å². The minimum Gasteiger partial charge on any atom is -0.251 e. The van der Waals surface area contributed by atoms with E-state index in [0.717, 1.165) is 22.8 Å². The van der Waals surface area contributed by atoms with Gasteiger partial charge < -0.3 is 0 Å². The Morgan fingerprint density at radius 1 is 0.471 bits per heavy atom. The second-order valence-electron chi connectivity index (χ2n) is 16.9. The third-order valence-electron chi connectivity index (χ3n) is 12.9. The Bertz CT molecular complexity index is 1520. The van der Waals surface area contributed by atoms with E-state index < -0.39 is 0 Å². The predicted octanol–water partition coefficient (Wildman–Crippen LogP) is 14.8. The highest BCUT2D eigenvalue weighted by molar-refractivity contribution is 6.31. The van der Waals surface area contributed by atoms with Crippen LogP contribution in [0.5, 0.6) is 0 Å². The zero-order valence-electron chi connectivity index (χ0n) is 32.1. The lowest BCUT2D eigenvalue weighted by Crippen LogP contribution is -2.12. The SMILES string of the molecule is CC(=Nc1c(C2CCCCC2)cc(C)cc1C1CCCCC1)c1cc(Cl)cc(C(C)=Nc2c(C3CCCCC3)cc(C)cc2C2CCCCC2)n1. The molecule has 1 heterocycles. The lowest BCUT2D eigenvalue weighted by molar-refractivity contribution is 0.436. The first-order valence-electron chi connectivity index (χ1n) is 20.9. The van der Waals surface area contributed by atoms with E-state index in [0.29, 0.717) is 28.7 Å². The number of pyridine rings is 1. The van der Waals surface area contributed by atoms with Gasteiger partial charge in [0.25, 0.3) is 0 Å². The molecule has 3 aromatic rings. The third-order valence-corrected chi connectivity index (χ3v) is 13.1. The summed E-state index contributed by atoms with van der Waals surface area (Å²) in [6.45, 7) is 8.87. The van der Waals surface area contributed by atoms with Crippen LogP contribution in [0.4, 0.5) is 11.4 Å². The smallest absolute Gasteiger partial charge is 0.0864 e. The highest BCUT2D eigenvalue weighted by Crippen LogP contribution is 2.47. The second-order valence-corrected chi connectivity index (χ2v) is 17.3. The topological polar surface area (TPSA) is 37.6 Å². The van der Waals surface area contributed by atoms with Gasteiger partial charge in [0.2, 0.25) is 0 Å². The Kier molecular flexibility index (Phi) is 12.1. The van der Waals surface area contributed by atoms with Gasteiger partial charge in [0.1, 0.15) is 0 Å². The molecule has 0 amide bonds. The molecule has 4 aliphatic carbocycles. The predicted molar refractivity (Wildman–Crippen MR) is 219 cm³/mol. The Morgan fingerprint density at radius 2 is 0.745 bits per heavy atom. The minimum atomic E-state index is 0.594. The Morgan fingerprint density at radius 3 is 1.02 bits per heavy atom. The van der Waals surface area contributed by atoms with Crippen molar-refractivity contribution in [1.82, 2.24) is 4.98 Å². The number of hydrogen-bond donors (Lipinski definition) is 0. The van der Waals surface area contributed by atoms with Crippen LogP contribution in [0.25, 0.3) is 0 Å². The highest BCUT2D eigenvalue weighted by Gasteiger charge is 2.27. The van der Waals surface area contributed by atoms with Crippen molar-refractivity contribution in [1.29, 1.82) is 0 Å². The van der Waals surface area contributed by atoms with Gasteiger partial charge in [-0.25, -0.2) is 4.98 Å². The van der Waals surface area contributed by atoms with Crippen molar-refractivity contribution in [2.45, 2.75) is 180 Å². The van der Waals surface area contributed by atoms with E-state index in [2.05, 4.69) is 52.0 Å². The van der Waals surface area contributed by atoms with Crippen LogP contribution in [0.3, 0.4) is 0 Å². The molecular formula is C47H62ClN3. The van der Waals surface area contributed by atoms with Crippen molar-refractivity contribution < 1.29 is 0 Å². The maximum Gasteiger partial charge on any atom is 0.0864 e. The van der Waals surface area contributed by atoms with Crippen molar-refractivity contribution >= 4 is 34.4 Å². The average molecular weight is 704 g/mol. The van der Waals surface area contributed by atoms with E-state index in [1.165, 1.54) is 173 Å². The number of halogens is 1. The van der Waals surface area contributed by atoms with E-state index >= 15 is 0 Å². The fourth-order valence-electron chi connectivity index (χ4n) is 10.1. The normalized spacial score (nSPS) is 21.0. The molecule has 0 unspecified atom stereocenters. The van der Waals surface area contributed by atoms with Crippen LogP contribution >= 0.6 is 11.6 Å². The molecule has 1 aromatic heterocycles. The molecule has 3 nitrogen and oxygen atoms in total. The highest BCUT2D eigenvalue weighted by atomic mass is 35.5. The number of nitrogens with zero attached hydrogens (tertiary/aromatic N) is 3. The quantitative estimate of drug-likeness (QED) is 0.215. The Labute approximate surface area is 314 Å². The first-order valence-corrected chi connectivity index (χ1v) is 21.3. The molecule has 272 valence electrons. The summed E-state index contributed by atoms with van der Waals surface area (Å²) in [5.74, 6) is 2.37. The molecule has 51 heavy (non-hydrogen) atoms. The zero-order chi connectivity index (χ0) is 35.3. The monoisotopic (exact) mass is 703 g/mol. The molecule has 0 bridgehead atoms. The summed E-state index contributed by atoms with van der Waals surface area (Å²) < 4.78 is 0. The molecule has 2 aromatic carbocycles. The molecule has 7 rings (SSSR count). The molecule has 0 atom stereocenters. The number of aromatic nitrogens is 1. The lowest BCUT2D eigenvalue weighted by Gasteiger charge is -2.29. The molecule has 0 aliphatic heterocycles. The molecular weight excluding hydrogens is 642 g/mol. The van der Waals surface area contributed by atoms with Gasteiger partial charge in [-0.15, -0.1) is 0 Å². The van der Waals surface area contributed by atoms with Crippen molar-refractivity contribution in [2.24, 2.45) is 9.98 Å². The van der Waals surface area contributed by atoms with Crippen molar-refractivity contribution in [3.63, 3.8) is 0 Å². The third kappa shape index (κ3) is 8.72. The van der Waals surface area contributed by atoms with Crippen LogP contribution in [0, 0.1) is 13.8 Å². The van der Waals surface area contributed by atoms with E-state index in [9.17, 15) is 0 Å². The maximum absolute atomic E-state index is 6.95. The Balaban J connectivity index is 1.29. The molecule has 0 N–H and O–H groups in total. The molecule has 0 saturated heterocycles. The number of rotatable bonds is 8. The zero-order valence-corrected chi connectivity index (χ0v) is 32.9. The first-order chi connectivity index (χ1) is 24.8. The van der Waals surface area contributed by atoms with E-state index in [1.54, 1.807) is 0 Å². The van der Waals surface area contributed by atoms with E-state index in [-0.39, 0.29) is 0 Å².